The lowest BCUT2D eigenvalue weighted by Gasteiger charge is -2.25. The van der Waals surface area contributed by atoms with Crippen molar-refractivity contribution in [3.63, 3.8) is 0 Å². The van der Waals surface area contributed by atoms with Crippen LogP contribution in [0.3, 0.4) is 0 Å². The zero-order valence-corrected chi connectivity index (χ0v) is 11.4. The summed E-state index contributed by atoms with van der Waals surface area (Å²) in [4.78, 5) is 28.2. The summed E-state index contributed by atoms with van der Waals surface area (Å²) in [5.41, 5.74) is 0. The van der Waals surface area contributed by atoms with Crippen LogP contribution in [0.4, 0.5) is 4.79 Å². The van der Waals surface area contributed by atoms with E-state index < -0.39 is 11.9 Å². The van der Waals surface area contributed by atoms with Gasteiger partial charge in [0, 0.05) is 26.7 Å². The highest BCUT2D eigenvalue weighted by atomic mass is 16.4. The summed E-state index contributed by atoms with van der Waals surface area (Å²) >= 11 is 0. The van der Waals surface area contributed by atoms with Crippen molar-refractivity contribution in [2.24, 2.45) is 5.92 Å². The Labute approximate surface area is 108 Å². The number of carbonyl (C=O) groups excluding carboxylic acids is 1. The summed E-state index contributed by atoms with van der Waals surface area (Å²) in [6, 6.07) is -0.0579. The van der Waals surface area contributed by atoms with Gasteiger partial charge in [0.1, 0.15) is 0 Å². The van der Waals surface area contributed by atoms with Gasteiger partial charge in [-0.2, -0.15) is 0 Å². The van der Waals surface area contributed by atoms with E-state index in [1.165, 1.54) is 0 Å². The molecular weight excluding hydrogens is 234 g/mol. The number of rotatable bonds is 5. The van der Waals surface area contributed by atoms with Crippen LogP contribution in [-0.2, 0) is 4.79 Å². The SMILES string of the molecule is CN(C)CCCN(C)C(=O)N1CCC(C(=O)O)C1. The molecule has 6 nitrogen and oxygen atoms in total. The third kappa shape index (κ3) is 4.18. The van der Waals surface area contributed by atoms with E-state index in [1.54, 1.807) is 16.8 Å². The molecule has 1 fully saturated rings. The standard InChI is InChI=1S/C12H23N3O3/c1-13(2)6-4-7-14(3)12(18)15-8-5-10(9-15)11(16)17/h10H,4-9H2,1-3H3,(H,16,17). The number of carboxylic acid groups (broad SMARTS) is 1. The first-order valence-corrected chi connectivity index (χ1v) is 6.29. The van der Waals surface area contributed by atoms with Gasteiger partial charge < -0.3 is 19.8 Å². The topological polar surface area (TPSA) is 64.1 Å². The van der Waals surface area contributed by atoms with Gasteiger partial charge in [-0.3, -0.25) is 4.79 Å². The molecule has 1 unspecified atom stereocenters. The van der Waals surface area contributed by atoms with E-state index in [0.717, 1.165) is 13.0 Å². The van der Waals surface area contributed by atoms with Crippen molar-refractivity contribution in [1.82, 2.24) is 14.7 Å². The van der Waals surface area contributed by atoms with E-state index in [1.807, 2.05) is 14.1 Å². The molecule has 6 heteroatoms. The number of aliphatic carboxylic acids is 1. The molecular formula is C12H23N3O3. The summed E-state index contributed by atoms with van der Waals surface area (Å²) in [5, 5.41) is 8.90. The van der Waals surface area contributed by atoms with Gasteiger partial charge in [0.2, 0.25) is 0 Å². The number of hydrogen-bond donors (Lipinski definition) is 1. The van der Waals surface area contributed by atoms with Crippen molar-refractivity contribution in [3.8, 4) is 0 Å². The Morgan fingerprint density at radius 2 is 1.94 bits per heavy atom. The Kier molecular flexibility index (Phi) is 5.40. The molecule has 0 aromatic rings. The average Bonchev–Trinajstić information content (AvgIpc) is 2.76. The Balaban J connectivity index is 2.33. The summed E-state index contributed by atoms with van der Waals surface area (Å²) in [6.45, 7) is 2.53. The van der Waals surface area contributed by atoms with Gasteiger partial charge in [-0.25, -0.2) is 4.79 Å². The number of amides is 2. The molecule has 1 aliphatic rings. The smallest absolute Gasteiger partial charge is 0.319 e. The molecule has 0 aromatic carbocycles. The van der Waals surface area contributed by atoms with Crippen LogP contribution in [0.2, 0.25) is 0 Å². The van der Waals surface area contributed by atoms with Gasteiger partial charge in [-0.05, 0) is 33.5 Å². The maximum Gasteiger partial charge on any atom is 0.319 e. The van der Waals surface area contributed by atoms with Crippen molar-refractivity contribution >= 4 is 12.0 Å². The van der Waals surface area contributed by atoms with Crippen LogP contribution in [0.5, 0.6) is 0 Å². The number of hydrogen-bond acceptors (Lipinski definition) is 3. The summed E-state index contributed by atoms with van der Waals surface area (Å²) in [7, 11) is 5.77. The maximum atomic E-state index is 12.0. The largest absolute Gasteiger partial charge is 0.481 e. The molecule has 0 bridgehead atoms. The lowest BCUT2D eigenvalue weighted by Crippen LogP contribution is -2.41. The maximum absolute atomic E-state index is 12.0. The van der Waals surface area contributed by atoms with Gasteiger partial charge in [-0.15, -0.1) is 0 Å². The zero-order valence-electron chi connectivity index (χ0n) is 11.4. The fraction of sp³-hybridized carbons (Fsp3) is 0.833. The lowest BCUT2D eigenvalue weighted by molar-refractivity contribution is -0.141. The molecule has 1 rings (SSSR count). The molecule has 0 aliphatic carbocycles. The number of nitrogens with zero attached hydrogens (tertiary/aromatic N) is 3. The van der Waals surface area contributed by atoms with Crippen LogP contribution in [0, 0.1) is 5.92 Å². The quantitative estimate of drug-likeness (QED) is 0.774. The van der Waals surface area contributed by atoms with Crippen LogP contribution in [0.15, 0.2) is 0 Å². The van der Waals surface area contributed by atoms with Crippen LogP contribution in [0.25, 0.3) is 0 Å². The fourth-order valence-electron chi connectivity index (χ4n) is 2.10. The molecule has 18 heavy (non-hydrogen) atoms. The first-order chi connectivity index (χ1) is 8.41. The van der Waals surface area contributed by atoms with Crippen molar-refractivity contribution in [2.45, 2.75) is 12.8 Å². The molecule has 1 heterocycles. The van der Waals surface area contributed by atoms with Gasteiger partial charge >= 0.3 is 12.0 Å². The molecule has 0 saturated carbocycles. The third-order valence-corrected chi connectivity index (χ3v) is 3.23. The average molecular weight is 257 g/mol. The van der Waals surface area contributed by atoms with Crippen molar-refractivity contribution < 1.29 is 14.7 Å². The molecule has 104 valence electrons. The molecule has 0 radical (unpaired) electrons. The molecule has 0 aromatic heterocycles. The summed E-state index contributed by atoms with van der Waals surface area (Å²) < 4.78 is 0. The molecule has 1 N–H and O–H groups in total. The third-order valence-electron chi connectivity index (χ3n) is 3.23. The minimum atomic E-state index is -0.805. The molecule has 2 amide bonds. The Morgan fingerprint density at radius 3 is 2.44 bits per heavy atom. The highest BCUT2D eigenvalue weighted by Gasteiger charge is 2.31. The predicted molar refractivity (Wildman–Crippen MR) is 68.5 cm³/mol. The molecule has 1 saturated heterocycles. The molecule has 1 aliphatic heterocycles. The summed E-state index contributed by atoms with van der Waals surface area (Å²) in [5.74, 6) is -1.20. The van der Waals surface area contributed by atoms with Crippen molar-refractivity contribution in [1.29, 1.82) is 0 Å². The van der Waals surface area contributed by atoms with E-state index in [0.29, 0.717) is 26.1 Å². The van der Waals surface area contributed by atoms with Crippen LogP contribution >= 0.6 is 0 Å². The Bertz CT molecular complexity index is 307. The minimum Gasteiger partial charge on any atom is -0.481 e. The van der Waals surface area contributed by atoms with Crippen LogP contribution < -0.4 is 0 Å². The van der Waals surface area contributed by atoms with E-state index in [9.17, 15) is 9.59 Å². The normalized spacial score (nSPS) is 19.3. The highest BCUT2D eigenvalue weighted by molar-refractivity contribution is 5.77. The van der Waals surface area contributed by atoms with Gasteiger partial charge in [-0.1, -0.05) is 0 Å². The van der Waals surface area contributed by atoms with E-state index in [2.05, 4.69) is 4.90 Å². The van der Waals surface area contributed by atoms with E-state index >= 15 is 0 Å². The minimum absolute atomic E-state index is 0.0579. The van der Waals surface area contributed by atoms with E-state index in [4.69, 9.17) is 5.11 Å². The Hall–Kier alpha value is -1.30. The molecule has 1 atom stereocenters. The highest BCUT2D eigenvalue weighted by Crippen LogP contribution is 2.17. The zero-order chi connectivity index (χ0) is 13.7. The van der Waals surface area contributed by atoms with Crippen molar-refractivity contribution in [3.05, 3.63) is 0 Å². The Morgan fingerprint density at radius 1 is 1.28 bits per heavy atom. The first-order valence-electron chi connectivity index (χ1n) is 6.29. The fourth-order valence-corrected chi connectivity index (χ4v) is 2.10. The lowest BCUT2D eigenvalue weighted by atomic mass is 10.1. The number of urea groups is 1. The molecule has 0 spiro atoms. The van der Waals surface area contributed by atoms with Gasteiger partial charge in [0.25, 0.3) is 0 Å². The van der Waals surface area contributed by atoms with Crippen molar-refractivity contribution in [2.75, 3.05) is 47.3 Å². The van der Waals surface area contributed by atoms with E-state index in [-0.39, 0.29) is 6.03 Å². The first kappa shape index (κ1) is 14.8. The van der Waals surface area contributed by atoms with Gasteiger partial charge in [0.05, 0.1) is 5.92 Å². The second-order valence-corrected chi connectivity index (χ2v) is 5.13. The monoisotopic (exact) mass is 257 g/mol. The van der Waals surface area contributed by atoms with Crippen LogP contribution in [-0.4, -0.2) is 79.1 Å². The number of carboxylic acids is 1. The van der Waals surface area contributed by atoms with Crippen LogP contribution in [0.1, 0.15) is 12.8 Å². The second-order valence-electron chi connectivity index (χ2n) is 5.13. The second kappa shape index (κ2) is 6.58. The number of likely N-dealkylation sites (tertiary alicyclic amines) is 1. The predicted octanol–water partition coefficient (Wildman–Crippen LogP) is 0.396. The number of carbonyl (C=O) groups is 2. The summed E-state index contributed by atoms with van der Waals surface area (Å²) in [6.07, 6.45) is 1.48. The van der Waals surface area contributed by atoms with Gasteiger partial charge in [0.15, 0.2) is 0 Å².